The number of aromatic nitrogens is 3. The number of hydrogen-bond acceptors (Lipinski definition) is 4. The zero-order chi connectivity index (χ0) is 9.80. The van der Waals surface area contributed by atoms with Gasteiger partial charge in [0, 0.05) is 18.6 Å². The Bertz CT molecular complexity index is 417. The van der Waals surface area contributed by atoms with E-state index in [-0.39, 0.29) is 0 Å². The third-order valence-corrected chi connectivity index (χ3v) is 1.81. The zero-order valence-electron chi connectivity index (χ0n) is 7.71. The average molecular weight is 187 g/mol. The van der Waals surface area contributed by atoms with E-state index in [1.807, 2.05) is 6.07 Å². The van der Waals surface area contributed by atoms with Gasteiger partial charge < -0.3 is 4.74 Å². The van der Waals surface area contributed by atoms with E-state index in [1.54, 1.807) is 38.0 Å². The topological polar surface area (TPSA) is 47.9 Å². The molecule has 0 unspecified atom stereocenters. The fourth-order valence-electron chi connectivity index (χ4n) is 1.17. The molecule has 2 aromatic heterocycles. The SMILES string of the molecule is COc1cnccc1-c1ncccn1. The Morgan fingerprint density at radius 1 is 1.14 bits per heavy atom. The van der Waals surface area contributed by atoms with Crippen molar-refractivity contribution in [1.82, 2.24) is 15.0 Å². The van der Waals surface area contributed by atoms with Gasteiger partial charge in [0.1, 0.15) is 5.75 Å². The quantitative estimate of drug-likeness (QED) is 0.715. The molecule has 0 atom stereocenters. The highest BCUT2D eigenvalue weighted by Gasteiger charge is 2.06. The number of rotatable bonds is 2. The van der Waals surface area contributed by atoms with E-state index in [0.29, 0.717) is 11.6 Å². The lowest BCUT2D eigenvalue weighted by molar-refractivity contribution is 0.414. The molecule has 0 aliphatic heterocycles. The Labute approximate surface area is 81.6 Å². The molecule has 0 bridgehead atoms. The van der Waals surface area contributed by atoms with Gasteiger partial charge in [-0.25, -0.2) is 9.97 Å². The van der Waals surface area contributed by atoms with Gasteiger partial charge in [-0.2, -0.15) is 0 Å². The fraction of sp³-hybridized carbons (Fsp3) is 0.100. The summed E-state index contributed by atoms with van der Waals surface area (Å²) in [5.74, 6) is 1.32. The van der Waals surface area contributed by atoms with E-state index in [9.17, 15) is 0 Å². The summed E-state index contributed by atoms with van der Waals surface area (Å²) in [6.45, 7) is 0. The van der Waals surface area contributed by atoms with Crippen molar-refractivity contribution in [2.24, 2.45) is 0 Å². The van der Waals surface area contributed by atoms with Crippen LogP contribution < -0.4 is 4.74 Å². The Morgan fingerprint density at radius 2 is 1.93 bits per heavy atom. The maximum absolute atomic E-state index is 5.16. The van der Waals surface area contributed by atoms with Crippen LogP contribution in [0.4, 0.5) is 0 Å². The van der Waals surface area contributed by atoms with Gasteiger partial charge in [0.05, 0.1) is 18.9 Å². The van der Waals surface area contributed by atoms with E-state index in [2.05, 4.69) is 15.0 Å². The predicted molar refractivity (Wildman–Crippen MR) is 51.8 cm³/mol. The summed E-state index contributed by atoms with van der Waals surface area (Å²) in [6.07, 6.45) is 6.73. The van der Waals surface area contributed by atoms with E-state index in [1.165, 1.54) is 0 Å². The van der Waals surface area contributed by atoms with Crippen LogP contribution in [-0.4, -0.2) is 22.1 Å². The summed E-state index contributed by atoms with van der Waals surface area (Å²) in [5.41, 5.74) is 0.850. The van der Waals surface area contributed by atoms with E-state index in [4.69, 9.17) is 4.74 Å². The summed E-state index contributed by atoms with van der Waals surface area (Å²) in [7, 11) is 1.60. The van der Waals surface area contributed by atoms with Gasteiger partial charge in [-0.3, -0.25) is 4.98 Å². The Hall–Kier alpha value is -1.97. The minimum absolute atomic E-state index is 0.645. The van der Waals surface area contributed by atoms with E-state index < -0.39 is 0 Å². The molecule has 0 aromatic carbocycles. The van der Waals surface area contributed by atoms with Crippen molar-refractivity contribution < 1.29 is 4.74 Å². The lowest BCUT2D eigenvalue weighted by atomic mass is 10.2. The van der Waals surface area contributed by atoms with Gasteiger partial charge in [0.15, 0.2) is 5.82 Å². The van der Waals surface area contributed by atoms with Gasteiger partial charge in [0.25, 0.3) is 0 Å². The van der Waals surface area contributed by atoms with Crippen molar-refractivity contribution >= 4 is 0 Å². The first kappa shape index (κ1) is 8.62. The van der Waals surface area contributed by atoms with Crippen molar-refractivity contribution in [3.63, 3.8) is 0 Å². The van der Waals surface area contributed by atoms with Crippen molar-refractivity contribution in [2.45, 2.75) is 0 Å². The number of pyridine rings is 1. The first-order chi connectivity index (χ1) is 6.92. The third-order valence-electron chi connectivity index (χ3n) is 1.81. The molecule has 0 amide bonds. The molecule has 0 aliphatic rings. The molecule has 4 heteroatoms. The van der Waals surface area contributed by atoms with Gasteiger partial charge >= 0.3 is 0 Å². The number of methoxy groups -OCH3 is 1. The van der Waals surface area contributed by atoms with Crippen molar-refractivity contribution in [3.8, 4) is 17.1 Å². The molecule has 14 heavy (non-hydrogen) atoms. The highest BCUT2D eigenvalue weighted by Crippen LogP contribution is 2.24. The lowest BCUT2D eigenvalue weighted by Gasteiger charge is -2.04. The summed E-state index contributed by atoms with van der Waals surface area (Å²) in [4.78, 5) is 12.2. The van der Waals surface area contributed by atoms with Gasteiger partial charge in [-0.05, 0) is 12.1 Å². The minimum Gasteiger partial charge on any atom is -0.494 e. The second kappa shape index (κ2) is 3.83. The molecule has 4 nitrogen and oxygen atoms in total. The monoisotopic (exact) mass is 187 g/mol. The lowest BCUT2D eigenvalue weighted by Crippen LogP contribution is -1.92. The first-order valence-corrected chi connectivity index (χ1v) is 4.17. The number of ether oxygens (including phenoxy) is 1. The van der Waals surface area contributed by atoms with Crippen molar-refractivity contribution in [1.29, 1.82) is 0 Å². The molecule has 0 spiro atoms. The summed E-state index contributed by atoms with van der Waals surface area (Å²) in [6, 6.07) is 3.60. The van der Waals surface area contributed by atoms with E-state index >= 15 is 0 Å². The molecule has 0 fully saturated rings. The van der Waals surface area contributed by atoms with Crippen molar-refractivity contribution in [3.05, 3.63) is 36.9 Å². The van der Waals surface area contributed by atoms with Crippen LogP contribution in [0.3, 0.4) is 0 Å². The predicted octanol–water partition coefficient (Wildman–Crippen LogP) is 1.55. The van der Waals surface area contributed by atoms with Crippen LogP contribution in [0.25, 0.3) is 11.4 Å². The molecule has 0 saturated heterocycles. The molecular formula is C10H9N3O. The zero-order valence-corrected chi connectivity index (χ0v) is 7.71. The van der Waals surface area contributed by atoms with Crippen LogP contribution in [0.1, 0.15) is 0 Å². The molecule has 2 aromatic rings. The summed E-state index contributed by atoms with van der Waals surface area (Å²) < 4.78 is 5.16. The van der Waals surface area contributed by atoms with Gasteiger partial charge in [0.2, 0.25) is 0 Å². The smallest absolute Gasteiger partial charge is 0.162 e. The summed E-state index contributed by atoms with van der Waals surface area (Å²) >= 11 is 0. The second-order valence-corrected chi connectivity index (χ2v) is 2.65. The van der Waals surface area contributed by atoms with Crippen LogP contribution in [0, 0.1) is 0 Å². The second-order valence-electron chi connectivity index (χ2n) is 2.65. The summed E-state index contributed by atoms with van der Waals surface area (Å²) in [5, 5.41) is 0. The third kappa shape index (κ3) is 1.54. The molecule has 0 N–H and O–H groups in total. The highest BCUT2D eigenvalue weighted by atomic mass is 16.5. The van der Waals surface area contributed by atoms with Crippen LogP contribution in [0.15, 0.2) is 36.9 Å². The molecular weight excluding hydrogens is 178 g/mol. The van der Waals surface area contributed by atoms with Crippen molar-refractivity contribution in [2.75, 3.05) is 7.11 Å². The number of hydrogen-bond donors (Lipinski definition) is 0. The molecule has 70 valence electrons. The fourth-order valence-corrected chi connectivity index (χ4v) is 1.17. The molecule has 2 heterocycles. The molecule has 0 aliphatic carbocycles. The largest absolute Gasteiger partial charge is 0.494 e. The van der Waals surface area contributed by atoms with Crippen LogP contribution in [0.5, 0.6) is 5.75 Å². The first-order valence-electron chi connectivity index (χ1n) is 4.17. The number of nitrogens with zero attached hydrogens (tertiary/aromatic N) is 3. The van der Waals surface area contributed by atoms with E-state index in [0.717, 1.165) is 5.56 Å². The Balaban J connectivity index is 2.51. The van der Waals surface area contributed by atoms with Crippen LogP contribution in [0.2, 0.25) is 0 Å². The molecule has 0 radical (unpaired) electrons. The maximum Gasteiger partial charge on any atom is 0.162 e. The van der Waals surface area contributed by atoms with Gasteiger partial charge in [-0.1, -0.05) is 0 Å². The van der Waals surface area contributed by atoms with Gasteiger partial charge in [-0.15, -0.1) is 0 Å². The Morgan fingerprint density at radius 3 is 2.64 bits per heavy atom. The normalized spacial score (nSPS) is 9.79. The standard InChI is InChI=1S/C10H9N3O/c1-14-9-7-11-6-3-8(9)10-12-4-2-5-13-10/h2-7H,1H3. The minimum atomic E-state index is 0.645. The highest BCUT2D eigenvalue weighted by molar-refractivity contribution is 5.62. The molecule has 2 rings (SSSR count). The van der Waals surface area contributed by atoms with Crippen LogP contribution >= 0.6 is 0 Å². The maximum atomic E-state index is 5.16. The van der Waals surface area contributed by atoms with Crippen LogP contribution in [-0.2, 0) is 0 Å². The average Bonchev–Trinajstić information content (AvgIpc) is 2.30. The Kier molecular flexibility index (Phi) is 2.36. The molecule has 0 saturated carbocycles.